The molecule has 0 bridgehead atoms. The van der Waals surface area contributed by atoms with E-state index in [0.29, 0.717) is 37.5 Å². The molecule has 0 atom stereocenters. The Kier molecular flexibility index (Phi) is 7.17. The number of fused-ring (bicyclic) bond motifs is 3. The van der Waals surface area contributed by atoms with Crippen molar-refractivity contribution in [2.45, 2.75) is 66.0 Å². The summed E-state index contributed by atoms with van der Waals surface area (Å²) in [5.74, 6) is 0.712. The van der Waals surface area contributed by atoms with Gasteiger partial charge in [0.05, 0.1) is 24.2 Å². The van der Waals surface area contributed by atoms with Crippen molar-refractivity contribution < 1.29 is 19.5 Å². The molecule has 4 rings (SSSR count). The fraction of sp³-hybridized carbons (Fsp3) is 0.600. The highest BCUT2D eigenvalue weighted by Crippen LogP contribution is 2.36. The van der Waals surface area contributed by atoms with E-state index in [1.165, 1.54) is 16.6 Å². The highest BCUT2D eigenvalue weighted by Gasteiger charge is 2.31. The van der Waals surface area contributed by atoms with Gasteiger partial charge in [0.25, 0.3) is 5.91 Å². The predicted octanol–water partition coefficient (Wildman–Crippen LogP) is 4.93. The van der Waals surface area contributed by atoms with E-state index >= 15 is 0 Å². The third kappa shape index (κ3) is 5.21. The summed E-state index contributed by atoms with van der Waals surface area (Å²) in [6.07, 6.45) is 2.37. The lowest BCUT2D eigenvalue weighted by atomic mass is 9.98. The summed E-state index contributed by atoms with van der Waals surface area (Å²) in [5, 5.41) is 11.2. The van der Waals surface area contributed by atoms with Crippen molar-refractivity contribution in [3.05, 3.63) is 35.0 Å². The molecule has 0 saturated carbocycles. The van der Waals surface area contributed by atoms with Crippen LogP contribution in [0.2, 0.25) is 0 Å². The normalized spacial score (nSPS) is 17.4. The average Bonchev–Trinajstić information content (AvgIpc) is 3.10. The van der Waals surface area contributed by atoms with E-state index in [1.807, 2.05) is 54.8 Å². The molecule has 1 saturated heterocycles. The van der Waals surface area contributed by atoms with Gasteiger partial charge >= 0.3 is 6.09 Å². The molecule has 34 heavy (non-hydrogen) atoms. The minimum Gasteiger partial charge on any atom is -0.444 e. The quantitative estimate of drug-likeness (QED) is 0.486. The highest BCUT2D eigenvalue weighted by atomic mass is 32.2. The second-order valence-corrected chi connectivity index (χ2v) is 11.3. The van der Waals surface area contributed by atoms with E-state index in [-0.39, 0.29) is 12.0 Å². The Morgan fingerprint density at radius 2 is 1.88 bits per heavy atom. The van der Waals surface area contributed by atoms with Crippen LogP contribution in [0.4, 0.5) is 4.79 Å². The van der Waals surface area contributed by atoms with Crippen molar-refractivity contribution >= 4 is 35.0 Å². The summed E-state index contributed by atoms with van der Waals surface area (Å²) in [6.45, 7) is 12.7. The van der Waals surface area contributed by atoms with Gasteiger partial charge in [-0.25, -0.2) is 4.79 Å². The molecule has 8 nitrogen and oxygen atoms in total. The van der Waals surface area contributed by atoms with Crippen molar-refractivity contribution in [3.63, 3.8) is 0 Å². The summed E-state index contributed by atoms with van der Waals surface area (Å²) in [5.41, 5.74) is 3.09. The first kappa shape index (κ1) is 24.9. The lowest BCUT2D eigenvalue weighted by Gasteiger charge is -2.31. The molecule has 2 aromatic rings. The van der Waals surface area contributed by atoms with Gasteiger partial charge in [-0.05, 0) is 64.7 Å². The number of rotatable bonds is 4. The maximum atomic E-state index is 13.3. The Balaban J connectivity index is 1.70. The fourth-order valence-corrected chi connectivity index (χ4v) is 5.42. The summed E-state index contributed by atoms with van der Waals surface area (Å²) < 4.78 is 8.82. The van der Waals surface area contributed by atoms with E-state index in [1.54, 1.807) is 4.90 Å². The number of hydrogen-bond acceptors (Lipinski definition) is 6. The zero-order valence-corrected chi connectivity index (χ0v) is 21.7. The number of carbonyl (C=O) groups excluding carboxylic acids is 2. The fourth-order valence-electron chi connectivity index (χ4n) is 4.57. The second kappa shape index (κ2) is 9.79. The van der Waals surface area contributed by atoms with Crippen LogP contribution >= 0.6 is 12.1 Å². The van der Waals surface area contributed by atoms with Crippen molar-refractivity contribution in [2.75, 3.05) is 26.2 Å². The molecule has 0 unspecified atom stereocenters. The monoisotopic (exact) mass is 488 g/mol. The molecule has 0 spiro atoms. The first-order valence-corrected chi connectivity index (χ1v) is 12.9. The third-order valence-electron chi connectivity index (χ3n) is 6.52. The zero-order chi connectivity index (χ0) is 24.6. The summed E-state index contributed by atoms with van der Waals surface area (Å²) in [6, 6.07) is 5.80. The van der Waals surface area contributed by atoms with Crippen LogP contribution in [0.15, 0.2) is 18.2 Å². The highest BCUT2D eigenvalue weighted by molar-refractivity contribution is 7.95. The number of aromatic nitrogens is 1. The van der Waals surface area contributed by atoms with Gasteiger partial charge in [0.1, 0.15) is 5.60 Å². The Morgan fingerprint density at radius 3 is 2.53 bits per heavy atom. The van der Waals surface area contributed by atoms with Crippen molar-refractivity contribution in [1.29, 1.82) is 0 Å². The van der Waals surface area contributed by atoms with Gasteiger partial charge < -0.3 is 19.7 Å². The van der Waals surface area contributed by atoms with Gasteiger partial charge in [-0.15, -0.1) is 4.47 Å². The summed E-state index contributed by atoms with van der Waals surface area (Å²) in [7, 11) is 0. The standard InChI is InChI=1S/C25H36N4O4S/c1-6-28(32)34-29-21-8-7-18(23(30)26-12-9-17(2)10-13-26)15-19(21)20-16-27(14-11-22(20)29)24(31)33-25(3,4)5/h7-8,15,17,32H,6,9-14,16H2,1-5H3. The van der Waals surface area contributed by atoms with Crippen LogP contribution in [0, 0.1) is 5.92 Å². The van der Waals surface area contributed by atoms with E-state index in [0.717, 1.165) is 48.1 Å². The smallest absolute Gasteiger partial charge is 0.410 e. The largest absolute Gasteiger partial charge is 0.444 e. The Labute approximate surface area is 206 Å². The molecular weight excluding hydrogens is 452 g/mol. The molecule has 2 amide bonds. The third-order valence-corrected chi connectivity index (χ3v) is 7.54. The number of hydroxylamine groups is 1. The topological polar surface area (TPSA) is 78.3 Å². The molecule has 186 valence electrons. The molecule has 0 aliphatic carbocycles. The number of amides is 2. The van der Waals surface area contributed by atoms with Crippen LogP contribution in [0.1, 0.15) is 69.1 Å². The summed E-state index contributed by atoms with van der Waals surface area (Å²) >= 11 is 1.23. The van der Waals surface area contributed by atoms with Crippen LogP contribution in [0.3, 0.4) is 0 Å². The number of carbonyl (C=O) groups is 2. The Hall–Kier alpha value is -2.23. The number of benzene rings is 1. The van der Waals surface area contributed by atoms with Gasteiger partial charge in [-0.2, -0.15) is 0 Å². The second-order valence-electron chi connectivity index (χ2n) is 10.3. The van der Waals surface area contributed by atoms with Crippen LogP contribution < -0.4 is 0 Å². The molecule has 2 aliphatic heterocycles. The lowest BCUT2D eigenvalue weighted by Crippen LogP contribution is -2.40. The molecule has 9 heteroatoms. The molecule has 1 fully saturated rings. The van der Waals surface area contributed by atoms with Crippen molar-refractivity contribution in [1.82, 2.24) is 18.2 Å². The van der Waals surface area contributed by atoms with E-state index < -0.39 is 5.60 Å². The van der Waals surface area contributed by atoms with Crippen LogP contribution in [0.25, 0.3) is 10.9 Å². The molecule has 1 N–H and O–H groups in total. The number of hydrogen-bond donors (Lipinski definition) is 1. The van der Waals surface area contributed by atoms with Crippen molar-refractivity contribution in [3.8, 4) is 0 Å². The molecule has 3 heterocycles. The van der Waals surface area contributed by atoms with E-state index in [4.69, 9.17) is 4.74 Å². The zero-order valence-electron chi connectivity index (χ0n) is 20.8. The van der Waals surface area contributed by atoms with Gasteiger partial charge in [-0.1, -0.05) is 6.92 Å². The lowest BCUT2D eigenvalue weighted by molar-refractivity contribution is 0.0206. The van der Waals surface area contributed by atoms with Crippen LogP contribution in [-0.2, 0) is 17.7 Å². The van der Waals surface area contributed by atoms with Gasteiger partial charge in [-0.3, -0.25) is 8.77 Å². The Bertz CT molecular complexity index is 1070. The molecule has 0 radical (unpaired) electrons. The number of nitrogens with zero attached hydrogens (tertiary/aromatic N) is 4. The van der Waals surface area contributed by atoms with Crippen LogP contribution in [0.5, 0.6) is 0 Å². The minimum absolute atomic E-state index is 0.0557. The van der Waals surface area contributed by atoms with Crippen molar-refractivity contribution in [2.24, 2.45) is 5.92 Å². The molecular formula is C25H36N4O4S. The molecule has 1 aromatic heterocycles. The minimum atomic E-state index is -0.564. The number of ether oxygens (including phenoxy) is 1. The van der Waals surface area contributed by atoms with Crippen LogP contribution in [-0.4, -0.2) is 67.2 Å². The first-order valence-electron chi connectivity index (χ1n) is 12.2. The average molecular weight is 489 g/mol. The first-order chi connectivity index (χ1) is 16.1. The van der Waals surface area contributed by atoms with Gasteiger partial charge in [0, 0.05) is 54.8 Å². The Morgan fingerprint density at radius 1 is 1.18 bits per heavy atom. The maximum Gasteiger partial charge on any atom is 0.410 e. The molecule has 2 aliphatic rings. The van der Waals surface area contributed by atoms with Gasteiger partial charge in [0.2, 0.25) is 0 Å². The van der Waals surface area contributed by atoms with E-state index in [2.05, 4.69) is 6.92 Å². The number of piperidine rings is 1. The SMILES string of the molecule is CCN(O)Sn1c2c(c3cc(C(=O)N4CCC(C)CC4)ccc31)CN(C(=O)OC(C)(C)C)CC2. The number of likely N-dealkylation sites (tertiary alicyclic amines) is 1. The van der Waals surface area contributed by atoms with Gasteiger partial charge in [0.15, 0.2) is 0 Å². The predicted molar refractivity (Wildman–Crippen MR) is 134 cm³/mol. The maximum absolute atomic E-state index is 13.3. The molecule has 1 aromatic carbocycles. The summed E-state index contributed by atoms with van der Waals surface area (Å²) in [4.78, 5) is 29.7. The van der Waals surface area contributed by atoms with E-state index in [9.17, 15) is 14.8 Å².